The fraction of sp³-hybridized carbons (Fsp3) is 0.211. The molecule has 0 aliphatic rings. The number of benzene rings is 2. The fourth-order valence-electron chi connectivity index (χ4n) is 2.11. The van der Waals surface area contributed by atoms with Gasteiger partial charge in [0.05, 0.1) is 12.5 Å². The van der Waals surface area contributed by atoms with Crippen LogP contribution in [0.2, 0.25) is 0 Å². The Kier molecular flexibility index (Phi) is 6.95. The summed E-state index contributed by atoms with van der Waals surface area (Å²) < 4.78 is 35.4. The third-order valence-corrected chi connectivity index (χ3v) is 3.41. The van der Waals surface area contributed by atoms with Crippen molar-refractivity contribution in [3.05, 3.63) is 72.3 Å². The van der Waals surface area contributed by atoms with Gasteiger partial charge in [-0.1, -0.05) is 30.3 Å². The summed E-state index contributed by atoms with van der Waals surface area (Å²) in [7, 11) is 0. The molecular formula is C19H18F2O4. The minimum absolute atomic E-state index is 0.0188. The summed E-state index contributed by atoms with van der Waals surface area (Å²) in [5.74, 6) is -1.39. The maximum absolute atomic E-state index is 12.2. The van der Waals surface area contributed by atoms with E-state index >= 15 is 0 Å². The average molecular weight is 348 g/mol. The van der Waals surface area contributed by atoms with Crippen LogP contribution in [0.1, 0.15) is 12.0 Å². The number of carboxylic acids is 1. The number of halogens is 2. The Morgan fingerprint density at radius 3 is 2.16 bits per heavy atom. The van der Waals surface area contributed by atoms with E-state index in [9.17, 15) is 13.6 Å². The van der Waals surface area contributed by atoms with Crippen LogP contribution in [0.3, 0.4) is 0 Å². The van der Waals surface area contributed by atoms with Crippen LogP contribution in [-0.2, 0) is 11.4 Å². The Bertz CT molecular complexity index is 695. The molecule has 1 unspecified atom stereocenters. The van der Waals surface area contributed by atoms with Gasteiger partial charge >= 0.3 is 5.97 Å². The molecule has 0 amide bonds. The van der Waals surface area contributed by atoms with E-state index in [1.54, 1.807) is 24.3 Å². The molecule has 2 aromatic carbocycles. The lowest BCUT2D eigenvalue weighted by Gasteiger charge is -2.10. The summed E-state index contributed by atoms with van der Waals surface area (Å²) in [5.41, 5.74) is 1.05. The lowest BCUT2D eigenvalue weighted by atomic mass is 10.1. The predicted octanol–water partition coefficient (Wildman–Crippen LogP) is 4.52. The summed E-state index contributed by atoms with van der Waals surface area (Å²) in [6.07, 6.45) is -1.63. The van der Waals surface area contributed by atoms with Crippen LogP contribution in [0.4, 0.5) is 8.78 Å². The van der Waals surface area contributed by atoms with Gasteiger partial charge in [0, 0.05) is 0 Å². The topological polar surface area (TPSA) is 55.8 Å². The zero-order valence-electron chi connectivity index (χ0n) is 13.4. The van der Waals surface area contributed by atoms with Gasteiger partial charge in [0.2, 0.25) is 0 Å². The fourth-order valence-corrected chi connectivity index (χ4v) is 2.11. The molecule has 0 aliphatic heterocycles. The van der Waals surface area contributed by atoms with E-state index in [2.05, 4.69) is 0 Å². The van der Waals surface area contributed by atoms with E-state index in [1.807, 2.05) is 30.3 Å². The van der Waals surface area contributed by atoms with Crippen LogP contribution in [-0.4, -0.2) is 17.7 Å². The molecule has 4 nitrogen and oxygen atoms in total. The van der Waals surface area contributed by atoms with Gasteiger partial charge < -0.3 is 14.6 Å². The smallest absolute Gasteiger partial charge is 0.310 e. The van der Waals surface area contributed by atoms with E-state index < -0.39 is 18.0 Å². The molecule has 25 heavy (non-hydrogen) atoms. The molecule has 0 heterocycles. The standard InChI is InChI=1S/C19H18F2O4/c20-18(21)12-15(19(22)23)10-11-24-16-6-8-17(9-7-16)25-13-14-4-2-1-3-5-14/h1-9,12,15H,10-11,13H2,(H,22,23). The third kappa shape index (κ3) is 6.63. The highest BCUT2D eigenvalue weighted by molar-refractivity contribution is 5.72. The van der Waals surface area contributed by atoms with Crippen molar-refractivity contribution in [1.82, 2.24) is 0 Å². The normalized spacial score (nSPS) is 11.4. The molecule has 0 radical (unpaired) electrons. The molecule has 0 spiro atoms. The van der Waals surface area contributed by atoms with Crippen LogP contribution in [0.25, 0.3) is 0 Å². The maximum Gasteiger partial charge on any atom is 0.310 e. The molecule has 1 atom stereocenters. The number of hydrogen-bond donors (Lipinski definition) is 1. The number of carbonyl (C=O) groups is 1. The molecule has 2 rings (SSSR count). The second-order valence-electron chi connectivity index (χ2n) is 5.28. The lowest BCUT2D eigenvalue weighted by Crippen LogP contribution is -2.15. The van der Waals surface area contributed by atoms with Crippen molar-refractivity contribution < 1.29 is 28.2 Å². The Hall–Kier alpha value is -2.89. The summed E-state index contributed by atoms with van der Waals surface area (Å²) in [5, 5.41) is 8.86. The number of aliphatic carboxylic acids is 1. The Balaban J connectivity index is 1.80. The molecular weight excluding hydrogens is 330 g/mol. The Morgan fingerprint density at radius 2 is 1.60 bits per heavy atom. The van der Waals surface area contributed by atoms with Crippen LogP contribution in [0.15, 0.2) is 66.8 Å². The van der Waals surface area contributed by atoms with Gasteiger partial charge in [-0.15, -0.1) is 0 Å². The molecule has 0 bridgehead atoms. The average Bonchev–Trinajstić information content (AvgIpc) is 2.60. The van der Waals surface area contributed by atoms with Gasteiger partial charge in [-0.05, 0) is 42.3 Å². The Morgan fingerprint density at radius 1 is 1.00 bits per heavy atom. The molecule has 2 aromatic rings. The van der Waals surface area contributed by atoms with E-state index in [1.165, 1.54) is 0 Å². The van der Waals surface area contributed by atoms with E-state index in [4.69, 9.17) is 14.6 Å². The molecule has 0 aromatic heterocycles. The van der Waals surface area contributed by atoms with Gasteiger partial charge in [-0.25, -0.2) is 0 Å². The number of carboxylic acid groups (broad SMARTS) is 1. The number of ether oxygens (including phenoxy) is 2. The first-order chi connectivity index (χ1) is 12.0. The van der Waals surface area contributed by atoms with Crippen molar-refractivity contribution >= 4 is 5.97 Å². The third-order valence-electron chi connectivity index (χ3n) is 3.41. The highest BCUT2D eigenvalue weighted by atomic mass is 19.3. The minimum Gasteiger partial charge on any atom is -0.494 e. The van der Waals surface area contributed by atoms with E-state index in [-0.39, 0.29) is 13.0 Å². The van der Waals surface area contributed by atoms with Gasteiger partial charge in [-0.3, -0.25) is 4.79 Å². The minimum atomic E-state index is -2.01. The second-order valence-corrected chi connectivity index (χ2v) is 5.28. The van der Waals surface area contributed by atoms with Crippen LogP contribution in [0, 0.1) is 5.92 Å². The summed E-state index contributed by atoms with van der Waals surface area (Å²) in [6, 6.07) is 16.6. The molecule has 1 N–H and O–H groups in total. The van der Waals surface area contributed by atoms with Crippen LogP contribution >= 0.6 is 0 Å². The van der Waals surface area contributed by atoms with Crippen LogP contribution < -0.4 is 9.47 Å². The quantitative estimate of drug-likeness (QED) is 0.724. The van der Waals surface area contributed by atoms with Gasteiger partial charge in [-0.2, -0.15) is 8.78 Å². The SMILES string of the molecule is O=C(O)C(C=C(F)F)CCOc1ccc(OCc2ccccc2)cc1. The largest absolute Gasteiger partial charge is 0.494 e. The first-order valence-electron chi connectivity index (χ1n) is 7.70. The molecule has 6 heteroatoms. The zero-order chi connectivity index (χ0) is 18.1. The van der Waals surface area contributed by atoms with E-state index in [0.29, 0.717) is 24.2 Å². The van der Waals surface area contributed by atoms with Crippen LogP contribution in [0.5, 0.6) is 11.5 Å². The summed E-state index contributed by atoms with van der Waals surface area (Å²) >= 11 is 0. The highest BCUT2D eigenvalue weighted by Crippen LogP contribution is 2.20. The monoisotopic (exact) mass is 348 g/mol. The van der Waals surface area contributed by atoms with Gasteiger partial charge in [0.15, 0.2) is 0 Å². The predicted molar refractivity (Wildman–Crippen MR) is 88.8 cm³/mol. The summed E-state index contributed by atoms with van der Waals surface area (Å²) in [4.78, 5) is 10.9. The van der Waals surface area contributed by atoms with Crippen molar-refractivity contribution in [3.8, 4) is 11.5 Å². The van der Waals surface area contributed by atoms with Crippen molar-refractivity contribution in [3.63, 3.8) is 0 Å². The van der Waals surface area contributed by atoms with E-state index in [0.717, 1.165) is 5.56 Å². The zero-order valence-corrected chi connectivity index (χ0v) is 13.4. The number of hydrogen-bond acceptors (Lipinski definition) is 3. The summed E-state index contributed by atoms with van der Waals surface area (Å²) in [6.45, 7) is 0.466. The lowest BCUT2D eigenvalue weighted by molar-refractivity contribution is -0.140. The first kappa shape index (κ1) is 18.4. The molecule has 0 saturated heterocycles. The highest BCUT2D eigenvalue weighted by Gasteiger charge is 2.16. The van der Waals surface area contributed by atoms with Crippen molar-refractivity contribution in [1.29, 1.82) is 0 Å². The molecule has 0 fully saturated rings. The van der Waals surface area contributed by atoms with Crippen molar-refractivity contribution in [2.45, 2.75) is 13.0 Å². The van der Waals surface area contributed by atoms with Gasteiger partial charge in [0.25, 0.3) is 6.08 Å². The second kappa shape index (κ2) is 9.42. The first-order valence-corrected chi connectivity index (χ1v) is 7.70. The molecule has 0 aliphatic carbocycles. The van der Waals surface area contributed by atoms with Crippen molar-refractivity contribution in [2.75, 3.05) is 6.61 Å². The Labute approximate surface area is 144 Å². The van der Waals surface area contributed by atoms with Crippen molar-refractivity contribution in [2.24, 2.45) is 5.92 Å². The maximum atomic E-state index is 12.2. The molecule has 0 saturated carbocycles. The van der Waals surface area contributed by atoms with Gasteiger partial charge in [0.1, 0.15) is 18.1 Å². The number of rotatable bonds is 9. The molecule has 132 valence electrons.